The molecule has 1 aromatic carbocycles. The first-order chi connectivity index (χ1) is 12.1. The molecule has 1 aliphatic heterocycles. The van der Waals surface area contributed by atoms with Gasteiger partial charge in [0.15, 0.2) is 5.96 Å². The summed E-state index contributed by atoms with van der Waals surface area (Å²) >= 11 is 1.91. The van der Waals surface area contributed by atoms with Crippen molar-refractivity contribution in [1.82, 2.24) is 15.5 Å². The van der Waals surface area contributed by atoms with E-state index in [-0.39, 0.29) is 29.5 Å². The van der Waals surface area contributed by atoms with Crippen LogP contribution in [0.1, 0.15) is 37.8 Å². The molecule has 6 heteroatoms. The first-order valence-electron chi connectivity index (χ1n) is 9.32. The van der Waals surface area contributed by atoms with Gasteiger partial charge in [-0.2, -0.15) is 11.8 Å². The summed E-state index contributed by atoms with van der Waals surface area (Å²) in [5, 5.41) is 6.94. The number of hydrogen-bond donors (Lipinski definition) is 2. The van der Waals surface area contributed by atoms with Crippen LogP contribution in [0.4, 0.5) is 0 Å². The van der Waals surface area contributed by atoms with E-state index >= 15 is 0 Å². The van der Waals surface area contributed by atoms with Crippen molar-refractivity contribution in [1.29, 1.82) is 0 Å². The van der Waals surface area contributed by atoms with Crippen molar-refractivity contribution in [3.8, 4) is 0 Å². The van der Waals surface area contributed by atoms with Crippen LogP contribution < -0.4 is 10.6 Å². The summed E-state index contributed by atoms with van der Waals surface area (Å²) < 4.78 is 0. The van der Waals surface area contributed by atoms with Crippen LogP contribution in [-0.4, -0.2) is 55.1 Å². The molecule has 26 heavy (non-hydrogen) atoms. The Morgan fingerprint density at radius 1 is 1.19 bits per heavy atom. The lowest BCUT2D eigenvalue weighted by atomic mass is 9.94. The molecule has 2 rings (SSSR count). The van der Waals surface area contributed by atoms with Crippen molar-refractivity contribution in [2.75, 3.05) is 38.7 Å². The Balaban J connectivity index is 0.00000338. The van der Waals surface area contributed by atoms with Crippen LogP contribution >= 0.6 is 35.7 Å². The van der Waals surface area contributed by atoms with Gasteiger partial charge in [-0.05, 0) is 56.2 Å². The van der Waals surface area contributed by atoms with Crippen LogP contribution in [0.25, 0.3) is 0 Å². The Morgan fingerprint density at radius 2 is 1.92 bits per heavy atom. The largest absolute Gasteiger partial charge is 0.356 e. The van der Waals surface area contributed by atoms with Crippen LogP contribution in [0.15, 0.2) is 29.3 Å². The summed E-state index contributed by atoms with van der Waals surface area (Å²) in [6.07, 6.45) is 5.74. The van der Waals surface area contributed by atoms with E-state index in [1.165, 1.54) is 29.7 Å². The third kappa shape index (κ3) is 7.27. The Labute approximate surface area is 181 Å². The highest BCUT2D eigenvalue weighted by Crippen LogP contribution is 2.24. The van der Waals surface area contributed by atoms with Crippen LogP contribution in [0.5, 0.6) is 0 Å². The molecule has 0 bridgehead atoms. The molecule has 4 nitrogen and oxygen atoms in total. The molecule has 0 fully saturated rings. The van der Waals surface area contributed by atoms with Crippen molar-refractivity contribution in [2.45, 2.75) is 45.2 Å². The van der Waals surface area contributed by atoms with Crippen LogP contribution in [0.3, 0.4) is 0 Å². The molecule has 0 atom stereocenters. The number of thioether (sulfide) groups is 1. The fourth-order valence-electron chi connectivity index (χ4n) is 3.22. The smallest absolute Gasteiger partial charge is 0.191 e. The van der Waals surface area contributed by atoms with Gasteiger partial charge in [0, 0.05) is 38.8 Å². The number of rotatable bonds is 8. The molecule has 0 unspecified atom stereocenters. The standard InChI is InChI=1S/C20H34N4S.HI/c1-20(2,16-23-19(21-3)22-12-7-8-14-25-4)24-13-11-17-9-5-6-10-18(17)15-24;/h5-6,9-10H,7-8,11-16H2,1-4H3,(H2,21,22,23);1H. The zero-order valence-corrected chi connectivity index (χ0v) is 19.8. The van der Waals surface area contributed by atoms with Crippen molar-refractivity contribution in [3.05, 3.63) is 35.4 Å². The second-order valence-corrected chi connectivity index (χ2v) is 8.29. The minimum Gasteiger partial charge on any atom is -0.356 e. The average Bonchev–Trinajstić information content (AvgIpc) is 2.63. The highest BCUT2D eigenvalue weighted by atomic mass is 127. The molecule has 0 aromatic heterocycles. The number of unbranched alkanes of at least 4 members (excludes halogenated alkanes) is 1. The molecule has 0 saturated heterocycles. The minimum absolute atomic E-state index is 0. The second-order valence-electron chi connectivity index (χ2n) is 7.31. The molecule has 2 N–H and O–H groups in total. The predicted octanol–water partition coefficient (Wildman–Crippen LogP) is 3.75. The summed E-state index contributed by atoms with van der Waals surface area (Å²) in [6.45, 7) is 8.66. The summed E-state index contributed by atoms with van der Waals surface area (Å²) in [5.74, 6) is 2.15. The van der Waals surface area contributed by atoms with Gasteiger partial charge in [0.1, 0.15) is 0 Å². The average molecular weight is 490 g/mol. The first-order valence-corrected chi connectivity index (χ1v) is 10.7. The van der Waals surface area contributed by atoms with Gasteiger partial charge in [-0.15, -0.1) is 24.0 Å². The molecule has 0 spiro atoms. The first kappa shape index (κ1) is 23.6. The quantitative estimate of drug-likeness (QED) is 0.252. The molecule has 0 saturated carbocycles. The van der Waals surface area contributed by atoms with Gasteiger partial charge in [-0.1, -0.05) is 24.3 Å². The van der Waals surface area contributed by atoms with Crippen molar-refractivity contribution < 1.29 is 0 Å². The lowest BCUT2D eigenvalue weighted by Crippen LogP contribution is -2.54. The van der Waals surface area contributed by atoms with Gasteiger partial charge in [-0.3, -0.25) is 9.89 Å². The van der Waals surface area contributed by atoms with Crippen molar-refractivity contribution >= 4 is 41.7 Å². The molecule has 1 heterocycles. The molecular weight excluding hydrogens is 455 g/mol. The van der Waals surface area contributed by atoms with Gasteiger partial charge in [0.05, 0.1) is 0 Å². The summed E-state index contributed by atoms with van der Waals surface area (Å²) in [4.78, 5) is 6.94. The van der Waals surface area contributed by atoms with E-state index in [0.29, 0.717) is 0 Å². The van der Waals surface area contributed by atoms with Crippen LogP contribution in [0.2, 0.25) is 0 Å². The number of aliphatic imine (C=N–C) groups is 1. The number of benzene rings is 1. The van der Waals surface area contributed by atoms with E-state index < -0.39 is 0 Å². The van der Waals surface area contributed by atoms with E-state index in [0.717, 1.165) is 38.6 Å². The number of fused-ring (bicyclic) bond motifs is 1. The molecule has 0 amide bonds. The molecule has 0 radical (unpaired) electrons. The van der Waals surface area contributed by atoms with Crippen molar-refractivity contribution in [3.63, 3.8) is 0 Å². The summed E-state index contributed by atoms with van der Waals surface area (Å²) in [6, 6.07) is 8.83. The van der Waals surface area contributed by atoms with Gasteiger partial charge in [0.2, 0.25) is 0 Å². The fourth-order valence-corrected chi connectivity index (χ4v) is 3.72. The highest BCUT2D eigenvalue weighted by molar-refractivity contribution is 14.0. The Kier molecular flexibility index (Phi) is 11.0. The number of hydrogen-bond acceptors (Lipinski definition) is 3. The lowest BCUT2D eigenvalue weighted by Gasteiger charge is -2.42. The van der Waals surface area contributed by atoms with Crippen LogP contribution in [-0.2, 0) is 13.0 Å². The maximum Gasteiger partial charge on any atom is 0.191 e. The van der Waals surface area contributed by atoms with E-state index in [9.17, 15) is 0 Å². The Bertz CT molecular complexity index is 562. The van der Waals surface area contributed by atoms with E-state index in [1.807, 2.05) is 18.8 Å². The molecule has 1 aliphatic rings. The topological polar surface area (TPSA) is 39.7 Å². The fraction of sp³-hybridized carbons (Fsp3) is 0.650. The highest BCUT2D eigenvalue weighted by Gasteiger charge is 2.29. The molecule has 148 valence electrons. The van der Waals surface area contributed by atoms with E-state index in [1.54, 1.807) is 0 Å². The monoisotopic (exact) mass is 490 g/mol. The lowest BCUT2D eigenvalue weighted by molar-refractivity contribution is 0.107. The molecule has 1 aromatic rings. The maximum absolute atomic E-state index is 4.36. The summed E-state index contributed by atoms with van der Waals surface area (Å²) in [7, 11) is 1.85. The zero-order chi connectivity index (χ0) is 18.1. The third-order valence-electron chi connectivity index (χ3n) is 4.97. The minimum atomic E-state index is 0. The van der Waals surface area contributed by atoms with E-state index in [4.69, 9.17) is 0 Å². The second kappa shape index (κ2) is 12.1. The SMILES string of the molecule is CN=C(NCCCCSC)NCC(C)(C)N1CCc2ccccc2C1.I. The van der Waals surface area contributed by atoms with Crippen LogP contribution in [0, 0.1) is 0 Å². The van der Waals surface area contributed by atoms with E-state index in [2.05, 4.69) is 64.9 Å². The maximum atomic E-state index is 4.36. The predicted molar refractivity (Wildman–Crippen MR) is 127 cm³/mol. The zero-order valence-electron chi connectivity index (χ0n) is 16.7. The number of guanidine groups is 1. The number of nitrogens with zero attached hydrogens (tertiary/aromatic N) is 2. The summed E-state index contributed by atoms with van der Waals surface area (Å²) in [5.41, 5.74) is 3.06. The third-order valence-corrected chi connectivity index (χ3v) is 5.66. The Hall–Kier alpha value is -0.470. The number of halogens is 1. The Morgan fingerprint density at radius 3 is 2.62 bits per heavy atom. The van der Waals surface area contributed by atoms with Gasteiger partial charge < -0.3 is 10.6 Å². The van der Waals surface area contributed by atoms with Gasteiger partial charge in [-0.25, -0.2) is 0 Å². The normalized spacial score (nSPS) is 15.2. The van der Waals surface area contributed by atoms with Crippen molar-refractivity contribution in [2.24, 2.45) is 4.99 Å². The molecular formula is C20H35IN4S. The number of nitrogens with one attached hydrogen (secondary N) is 2. The van der Waals surface area contributed by atoms with Gasteiger partial charge in [0.25, 0.3) is 0 Å². The molecule has 0 aliphatic carbocycles. The van der Waals surface area contributed by atoms with Gasteiger partial charge >= 0.3 is 0 Å².